The number of benzene rings is 1. The maximum absolute atomic E-state index is 5.70. The molecule has 0 radical (unpaired) electrons. The van der Waals surface area contributed by atoms with Gasteiger partial charge in [-0.15, -0.1) is 0 Å². The van der Waals surface area contributed by atoms with Crippen LogP contribution in [0.1, 0.15) is 57.5 Å². The summed E-state index contributed by atoms with van der Waals surface area (Å²) in [6, 6.07) is 6.79. The van der Waals surface area contributed by atoms with Crippen LogP contribution in [-0.2, 0) is 6.54 Å². The third kappa shape index (κ3) is 2.15. The van der Waals surface area contributed by atoms with E-state index in [1.54, 1.807) is 0 Å². The van der Waals surface area contributed by atoms with Gasteiger partial charge in [-0.2, -0.15) is 0 Å². The predicted octanol–water partition coefficient (Wildman–Crippen LogP) is 3.59. The Kier molecular flexibility index (Phi) is 3.71. The zero-order valence-electron chi connectivity index (χ0n) is 11.8. The van der Waals surface area contributed by atoms with Gasteiger partial charge in [0.05, 0.1) is 11.0 Å². The Balaban J connectivity index is 2.66. The fourth-order valence-corrected chi connectivity index (χ4v) is 2.36. The van der Waals surface area contributed by atoms with Crippen LogP contribution < -0.4 is 5.73 Å². The average Bonchev–Trinajstić information content (AvgIpc) is 2.75. The van der Waals surface area contributed by atoms with Gasteiger partial charge in [0.25, 0.3) is 0 Å². The van der Waals surface area contributed by atoms with Gasteiger partial charge in [0, 0.05) is 18.5 Å². The Morgan fingerprint density at radius 3 is 2.56 bits per heavy atom. The molecule has 0 aliphatic heterocycles. The molecule has 2 rings (SSSR count). The van der Waals surface area contributed by atoms with Gasteiger partial charge in [0.15, 0.2) is 0 Å². The first-order valence-corrected chi connectivity index (χ1v) is 6.79. The molecule has 0 saturated heterocycles. The molecule has 0 aliphatic carbocycles. The molecule has 18 heavy (non-hydrogen) atoms. The number of hydrogen-bond acceptors (Lipinski definition) is 2. The second kappa shape index (κ2) is 5.11. The van der Waals surface area contributed by atoms with Crippen LogP contribution in [-0.4, -0.2) is 9.55 Å². The Morgan fingerprint density at radius 1 is 1.28 bits per heavy atom. The highest BCUT2D eigenvalue weighted by Crippen LogP contribution is 2.27. The maximum Gasteiger partial charge on any atom is 0.112 e. The summed E-state index contributed by atoms with van der Waals surface area (Å²) in [6.45, 7) is 9.45. The molecule has 0 bridgehead atoms. The average molecular weight is 245 g/mol. The molecule has 1 atom stereocenters. The lowest BCUT2D eigenvalue weighted by Crippen LogP contribution is -2.08. The summed E-state index contributed by atoms with van der Waals surface area (Å²) >= 11 is 0. The highest BCUT2D eigenvalue weighted by molar-refractivity contribution is 5.77. The van der Waals surface area contributed by atoms with Crippen LogP contribution >= 0.6 is 0 Å². The quantitative estimate of drug-likeness (QED) is 0.894. The number of imidazole rings is 1. The van der Waals surface area contributed by atoms with Crippen molar-refractivity contribution in [2.45, 2.75) is 52.6 Å². The molecule has 0 saturated carbocycles. The standard InChI is InChI=1S/C15H23N3/c1-5-11(4)15-17-13-8-12(9-16)6-7-14(13)18(15)10(2)3/h6-8,10-11H,5,9,16H2,1-4H3. The van der Waals surface area contributed by atoms with Crippen LogP contribution in [0.25, 0.3) is 11.0 Å². The van der Waals surface area contributed by atoms with Crippen molar-refractivity contribution in [3.8, 4) is 0 Å². The van der Waals surface area contributed by atoms with Gasteiger partial charge in [-0.25, -0.2) is 4.98 Å². The number of aromatic nitrogens is 2. The Morgan fingerprint density at radius 2 is 2.00 bits per heavy atom. The van der Waals surface area contributed by atoms with E-state index in [1.165, 1.54) is 11.3 Å². The molecule has 1 aromatic heterocycles. The summed E-state index contributed by atoms with van der Waals surface area (Å²) in [5.74, 6) is 1.68. The summed E-state index contributed by atoms with van der Waals surface area (Å²) < 4.78 is 2.35. The highest BCUT2D eigenvalue weighted by atomic mass is 15.1. The van der Waals surface area contributed by atoms with E-state index >= 15 is 0 Å². The minimum Gasteiger partial charge on any atom is -0.326 e. The minimum atomic E-state index is 0.433. The van der Waals surface area contributed by atoms with Crippen LogP contribution in [0.4, 0.5) is 0 Å². The first kappa shape index (κ1) is 13.1. The summed E-state index contributed by atoms with van der Waals surface area (Å²) in [7, 11) is 0. The third-order valence-corrected chi connectivity index (χ3v) is 3.59. The number of nitrogens with two attached hydrogens (primary N) is 1. The predicted molar refractivity (Wildman–Crippen MR) is 76.7 cm³/mol. The number of hydrogen-bond donors (Lipinski definition) is 1. The van der Waals surface area contributed by atoms with Crippen molar-refractivity contribution in [1.29, 1.82) is 0 Å². The van der Waals surface area contributed by atoms with Gasteiger partial charge in [-0.3, -0.25) is 0 Å². The number of nitrogens with zero attached hydrogens (tertiary/aromatic N) is 2. The van der Waals surface area contributed by atoms with Crippen molar-refractivity contribution in [2.24, 2.45) is 5.73 Å². The smallest absolute Gasteiger partial charge is 0.112 e. The van der Waals surface area contributed by atoms with Crippen LogP contribution in [0, 0.1) is 0 Å². The van der Waals surface area contributed by atoms with E-state index in [0.29, 0.717) is 18.5 Å². The van der Waals surface area contributed by atoms with Crippen molar-refractivity contribution >= 4 is 11.0 Å². The molecule has 0 amide bonds. The lowest BCUT2D eigenvalue weighted by molar-refractivity contribution is 0.545. The van der Waals surface area contributed by atoms with Gasteiger partial charge < -0.3 is 10.3 Å². The summed E-state index contributed by atoms with van der Waals surface area (Å²) in [5.41, 5.74) is 9.13. The van der Waals surface area contributed by atoms with Crippen LogP contribution in [0.3, 0.4) is 0 Å². The zero-order valence-corrected chi connectivity index (χ0v) is 11.8. The second-order valence-corrected chi connectivity index (χ2v) is 5.27. The van der Waals surface area contributed by atoms with Crippen LogP contribution in [0.15, 0.2) is 18.2 Å². The maximum atomic E-state index is 5.70. The molecule has 0 spiro atoms. The van der Waals surface area contributed by atoms with Crippen LogP contribution in [0.2, 0.25) is 0 Å². The van der Waals surface area contributed by atoms with E-state index in [-0.39, 0.29) is 0 Å². The molecule has 3 nitrogen and oxygen atoms in total. The normalized spacial score (nSPS) is 13.4. The van der Waals surface area contributed by atoms with Gasteiger partial charge >= 0.3 is 0 Å². The topological polar surface area (TPSA) is 43.8 Å². The Bertz CT molecular complexity index is 540. The molecule has 1 aromatic carbocycles. The minimum absolute atomic E-state index is 0.433. The van der Waals surface area contributed by atoms with Gasteiger partial charge in [0.2, 0.25) is 0 Å². The second-order valence-electron chi connectivity index (χ2n) is 5.27. The van der Waals surface area contributed by atoms with Crippen molar-refractivity contribution in [2.75, 3.05) is 0 Å². The van der Waals surface area contributed by atoms with E-state index in [4.69, 9.17) is 10.7 Å². The van der Waals surface area contributed by atoms with Crippen molar-refractivity contribution in [1.82, 2.24) is 9.55 Å². The lowest BCUT2D eigenvalue weighted by atomic mass is 10.1. The van der Waals surface area contributed by atoms with Crippen molar-refractivity contribution in [3.05, 3.63) is 29.6 Å². The molecular weight excluding hydrogens is 222 g/mol. The fourth-order valence-electron chi connectivity index (χ4n) is 2.36. The Hall–Kier alpha value is -1.35. The summed E-state index contributed by atoms with van der Waals surface area (Å²) in [6.07, 6.45) is 1.11. The molecule has 1 unspecified atom stereocenters. The molecule has 2 N–H and O–H groups in total. The first-order chi connectivity index (χ1) is 8.58. The van der Waals surface area contributed by atoms with Crippen molar-refractivity contribution < 1.29 is 0 Å². The van der Waals surface area contributed by atoms with E-state index in [2.05, 4.69) is 50.5 Å². The molecule has 0 aliphatic rings. The van der Waals surface area contributed by atoms with E-state index in [0.717, 1.165) is 17.5 Å². The van der Waals surface area contributed by atoms with E-state index < -0.39 is 0 Å². The zero-order chi connectivity index (χ0) is 13.3. The molecule has 0 fully saturated rings. The Labute approximate surface area is 109 Å². The largest absolute Gasteiger partial charge is 0.326 e. The van der Waals surface area contributed by atoms with Crippen molar-refractivity contribution in [3.63, 3.8) is 0 Å². The lowest BCUT2D eigenvalue weighted by Gasteiger charge is -2.16. The summed E-state index contributed by atoms with van der Waals surface area (Å²) in [4.78, 5) is 4.82. The number of fused-ring (bicyclic) bond motifs is 1. The highest BCUT2D eigenvalue weighted by Gasteiger charge is 2.17. The van der Waals surface area contributed by atoms with Crippen LogP contribution in [0.5, 0.6) is 0 Å². The van der Waals surface area contributed by atoms with E-state index in [9.17, 15) is 0 Å². The molecule has 3 heteroatoms. The third-order valence-electron chi connectivity index (χ3n) is 3.59. The fraction of sp³-hybridized carbons (Fsp3) is 0.533. The monoisotopic (exact) mass is 245 g/mol. The first-order valence-electron chi connectivity index (χ1n) is 6.79. The number of rotatable bonds is 4. The molecular formula is C15H23N3. The summed E-state index contributed by atoms with van der Waals surface area (Å²) in [5, 5.41) is 0. The van der Waals surface area contributed by atoms with Gasteiger partial charge in [-0.05, 0) is 38.0 Å². The molecule has 98 valence electrons. The van der Waals surface area contributed by atoms with Gasteiger partial charge in [0.1, 0.15) is 5.82 Å². The van der Waals surface area contributed by atoms with Gasteiger partial charge in [-0.1, -0.05) is 19.9 Å². The molecule has 2 aromatic rings. The molecule has 1 heterocycles. The SMILES string of the molecule is CCC(C)c1nc2cc(CN)ccc2n1C(C)C. The van der Waals surface area contributed by atoms with E-state index in [1.807, 2.05) is 0 Å².